The van der Waals surface area contributed by atoms with Crippen LogP contribution >= 0.6 is 11.6 Å². The molecular formula is C13H16ClNO2. The second-order valence-electron chi connectivity index (χ2n) is 3.78. The molecule has 1 aromatic carbocycles. The topological polar surface area (TPSA) is 34.4 Å². The molecule has 0 bridgehead atoms. The third kappa shape index (κ3) is 2.01. The van der Waals surface area contributed by atoms with E-state index in [-0.39, 0.29) is 6.61 Å². The summed E-state index contributed by atoms with van der Waals surface area (Å²) < 4.78 is 7.45. The molecule has 0 radical (unpaired) electrons. The lowest BCUT2D eigenvalue weighted by molar-refractivity contribution is 0.283. The van der Waals surface area contributed by atoms with Crippen molar-refractivity contribution >= 4 is 22.5 Å². The number of fused-ring (bicyclic) bond motifs is 1. The number of benzene rings is 1. The monoisotopic (exact) mass is 253 g/mol. The molecule has 4 heteroatoms. The number of aliphatic hydroxyl groups is 1. The van der Waals surface area contributed by atoms with Crippen molar-refractivity contribution in [1.29, 1.82) is 0 Å². The first-order valence-corrected chi connectivity index (χ1v) is 6.15. The van der Waals surface area contributed by atoms with E-state index in [1.807, 2.05) is 36.6 Å². The SMILES string of the molecule is CCOc1ccc2c(c1)c(CO)c(Cl)n2CC. The fourth-order valence-corrected chi connectivity index (χ4v) is 2.46. The van der Waals surface area contributed by atoms with Gasteiger partial charge >= 0.3 is 0 Å². The molecule has 1 aromatic heterocycles. The van der Waals surface area contributed by atoms with E-state index < -0.39 is 0 Å². The number of hydrogen-bond acceptors (Lipinski definition) is 2. The van der Waals surface area contributed by atoms with E-state index in [4.69, 9.17) is 16.3 Å². The smallest absolute Gasteiger partial charge is 0.120 e. The van der Waals surface area contributed by atoms with Crippen LogP contribution in [0.25, 0.3) is 10.9 Å². The van der Waals surface area contributed by atoms with Crippen LogP contribution < -0.4 is 4.74 Å². The lowest BCUT2D eigenvalue weighted by atomic mass is 10.2. The van der Waals surface area contributed by atoms with Gasteiger partial charge in [0.25, 0.3) is 0 Å². The van der Waals surface area contributed by atoms with Crippen molar-refractivity contribution in [2.75, 3.05) is 6.61 Å². The predicted molar refractivity (Wildman–Crippen MR) is 69.7 cm³/mol. The summed E-state index contributed by atoms with van der Waals surface area (Å²) in [5.74, 6) is 0.805. The van der Waals surface area contributed by atoms with Gasteiger partial charge in [0.15, 0.2) is 0 Å². The Morgan fingerprint density at radius 2 is 2.12 bits per heavy atom. The van der Waals surface area contributed by atoms with E-state index in [0.717, 1.165) is 28.8 Å². The number of ether oxygens (including phenoxy) is 1. The lowest BCUT2D eigenvalue weighted by Gasteiger charge is -2.04. The molecule has 0 fully saturated rings. The minimum Gasteiger partial charge on any atom is -0.494 e. The van der Waals surface area contributed by atoms with Crippen LogP contribution in [-0.2, 0) is 13.2 Å². The van der Waals surface area contributed by atoms with Crippen LogP contribution in [0, 0.1) is 0 Å². The van der Waals surface area contributed by atoms with Crippen LogP contribution in [0.5, 0.6) is 5.75 Å². The highest BCUT2D eigenvalue weighted by Gasteiger charge is 2.14. The number of aryl methyl sites for hydroxylation is 1. The normalized spacial score (nSPS) is 11.1. The van der Waals surface area contributed by atoms with E-state index in [1.54, 1.807) is 0 Å². The summed E-state index contributed by atoms with van der Waals surface area (Å²) in [4.78, 5) is 0. The molecule has 1 heterocycles. The van der Waals surface area contributed by atoms with Gasteiger partial charge in [-0.15, -0.1) is 0 Å². The first kappa shape index (κ1) is 12.3. The highest BCUT2D eigenvalue weighted by Crippen LogP contribution is 2.32. The summed E-state index contributed by atoms with van der Waals surface area (Å²) in [6, 6.07) is 5.84. The Kier molecular flexibility index (Phi) is 3.60. The third-order valence-electron chi connectivity index (χ3n) is 2.86. The van der Waals surface area contributed by atoms with E-state index >= 15 is 0 Å². The molecule has 2 rings (SSSR count). The molecule has 17 heavy (non-hydrogen) atoms. The van der Waals surface area contributed by atoms with Crippen molar-refractivity contribution < 1.29 is 9.84 Å². The van der Waals surface area contributed by atoms with Crippen molar-refractivity contribution in [2.45, 2.75) is 27.0 Å². The summed E-state index contributed by atoms with van der Waals surface area (Å²) in [7, 11) is 0. The van der Waals surface area contributed by atoms with Gasteiger partial charge in [-0.05, 0) is 32.0 Å². The average molecular weight is 254 g/mol. The van der Waals surface area contributed by atoms with Crippen molar-refractivity contribution in [3.05, 3.63) is 28.9 Å². The molecule has 0 unspecified atom stereocenters. The van der Waals surface area contributed by atoms with Gasteiger partial charge in [0.1, 0.15) is 10.9 Å². The first-order valence-electron chi connectivity index (χ1n) is 5.77. The minimum atomic E-state index is -0.0576. The number of aliphatic hydroxyl groups excluding tert-OH is 1. The molecule has 0 spiro atoms. The zero-order chi connectivity index (χ0) is 12.4. The second kappa shape index (κ2) is 4.98. The Morgan fingerprint density at radius 1 is 1.35 bits per heavy atom. The third-order valence-corrected chi connectivity index (χ3v) is 3.29. The molecule has 0 amide bonds. The van der Waals surface area contributed by atoms with Gasteiger partial charge in [0, 0.05) is 23.0 Å². The van der Waals surface area contributed by atoms with Crippen molar-refractivity contribution in [1.82, 2.24) is 4.57 Å². The molecule has 1 N–H and O–H groups in total. The molecule has 3 nitrogen and oxygen atoms in total. The van der Waals surface area contributed by atoms with E-state index in [1.165, 1.54) is 0 Å². The fraction of sp³-hybridized carbons (Fsp3) is 0.385. The molecule has 0 aliphatic heterocycles. The average Bonchev–Trinajstić information content (AvgIpc) is 2.60. The molecule has 92 valence electrons. The largest absolute Gasteiger partial charge is 0.494 e. The Labute approximate surface area is 106 Å². The van der Waals surface area contributed by atoms with E-state index in [0.29, 0.717) is 11.8 Å². The fourth-order valence-electron chi connectivity index (χ4n) is 2.09. The van der Waals surface area contributed by atoms with Gasteiger partial charge in [0.05, 0.1) is 13.2 Å². The summed E-state index contributed by atoms with van der Waals surface area (Å²) in [5, 5.41) is 11.0. The highest BCUT2D eigenvalue weighted by atomic mass is 35.5. The van der Waals surface area contributed by atoms with Gasteiger partial charge in [-0.3, -0.25) is 0 Å². The Hall–Kier alpha value is -1.19. The van der Waals surface area contributed by atoms with Crippen molar-refractivity contribution in [3.8, 4) is 5.75 Å². The zero-order valence-electron chi connectivity index (χ0n) is 10.0. The maximum Gasteiger partial charge on any atom is 0.120 e. The molecule has 0 saturated heterocycles. The van der Waals surface area contributed by atoms with Crippen molar-refractivity contribution in [3.63, 3.8) is 0 Å². The van der Waals surface area contributed by atoms with Crippen molar-refractivity contribution in [2.24, 2.45) is 0 Å². The van der Waals surface area contributed by atoms with Crippen LogP contribution in [0.1, 0.15) is 19.4 Å². The molecule has 0 atom stereocenters. The first-order chi connectivity index (χ1) is 8.22. The number of aromatic nitrogens is 1. The standard InChI is InChI=1S/C13H16ClNO2/c1-3-15-12-6-5-9(17-4-2)7-10(12)11(8-16)13(15)14/h5-7,16H,3-4,8H2,1-2H3. The maximum atomic E-state index is 9.41. The summed E-state index contributed by atoms with van der Waals surface area (Å²) in [6.45, 7) is 5.33. The van der Waals surface area contributed by atoms with Crippen LogP contribution in [0.3, 0.4) is 0 Å². The molecule has 2 aromatic rings. The highest BCUT2D eigenvalue weighted by molar-refractivity contribution is 6.32. The van der Waals surface area contributed by atoms with Crippen LogP contribution in [0.4, 0.5) is 0 Å². The molecule has 0 aliphatic rings. The van der Waals surface area contributed by atoms with E-state index in [9.17, 15) is 5.11 Å². The molecule has 0 aliphatic carbocycles. The predicted octanol–water partition coefficient (Wildman–Crippen LogP) is 3.21. The number of nitrogens with zero attached hydrogens (tertiary/aromatic N) is 1. The molecular weight excluding hydrogens is 238 g/mol. The van der Waals surface area contributed by atoms with Gasteiger partial charge < -0.3 is 14.4 Å². The summed E-state index contributed by atoms with van der Waals surface area (Å²) in [5.41, 5.74) is 1.80. The van der Waals surface area contributed by atoms with Crippen LogP contribution in [0.15, 0.2) is 18.2 Å². The van der Waals surface area contributed by atoms with Crippen LogP contribution in [0.2, 0.25) is 5.15 Å². The Bertz CT molecular complexity index is 534. The minimum absolute atomic E-state index is 0.0576. The Balaban J connectivity index is 2.67. The maximum absolute atomic E-state index is 9.41. The van der Waals surface area contributed by atoms with Gasteiger partial charge in [0.2, 0.25) is 0 Å². The summed E-state index contributed by atoms with van der Waals surface area (Å²) >= 11 is 6.24. The summed E-state index contributed by atoms with van der Waals surface area (Å²) in [6.07, 6.45) is 0. The number of hydrogen-bond donors (Lipinski definition) is 1. The molecule has 0 saturated carbocycles. The van der Waals surface area contributed by atoms with Gasteiger partial charge in [-0.1, -0.05) is 11.6 Å². The van der Waals surface area contributed by atoms with Crippen LogP contribution in [-0.4, -0.2) is 16.3 Å². The van der Waals surface area contributed by atoms with Gasteiger partial charge in [-0.25, -0.2) is 0 Å². The zero-order valence-corrected chi connectivity index (χ0v) is 10.8. The van der Waals surface area contributed by atoms with E-state index in [2.05, 4.69) is 0 Å². The second-order valence-corrected chi connectivity index (χ2v) is 4.14. The Morgan fingerprint density at radius 3 is 2.71 bits per heavy atom. The lowest BCUT2D eigenvalue weighted by Crippen LogP contribution is -1.94. The van der Waals surface area contributed by atoms with Gasteiger partial charge in [-0.2, -0.15) is 0 Å². The number of halogens is 1. The number of rotatable bonds is 4. The quantitative estimate of drug-likeness (QED) is 0.908.